The van der Waals surface area contributed by atoms with Gasteiger partial charge in [0.15, 0.2) is 0 Å². The lowest BCUT2D eigenvalue weighted by molar-refractivity contribution is -0.153. The molecule has 242 valence electrons. The summed E-state index contributed by atoms with van der Waals surface area (Å²) in [6, 6.07) is 17.3. The quantitative estimate of drug-likeness (QED) is 0.260. The van der Waals surface area contributed by atoms with E-state index in [1.807, 2.05) is 76.2 Å². The number of rotatable bonds is 10. The van der Waals surface area contributed by atoms with Gasteiger partial charge in [0.2, 0.25) is 11.8 Å². The van der Waals surface area contributed by atoms with Crippen LogP contribution in [-0.2, 0) is 21.5 Å². The number of carbonyl (C=O) groups excluding carboxylic acids is 1. The molecule has 4 rings (SSSR count). The average Bonchev–Trinajstić information content (AvgIpc) is 3.36. The second-order valence-corrected chi connectivity index (χ2v) is 14.0. The Morgan fingerprint density at radius 1 is 0.978 bits per heavy atom. The number of aliphatic carboxylic acids is 1. The SMILES string of the molecule is CCC(C(=O)N1[C@H](C(=O)O)[C@@H](C(C)(C)C)[C@H](NCc2cc(C(C)(C)C)ccc2OC)[C@@H]1c1cccnc1OC)c1ccccc1. The summed E-state index contributed by atoms with van der Waals surface area (Å²) in [5.74, 6) is -1.12. The van der Waals surface area contributed by atoms with Crippen molar-refractivity contribution in [2.75, 3.05) is 14.2 Å². The summed E-state index contributed by atoms with van der Waals surface area (Å²) in [7, 11) is 3.20. The Labute approximate surface area is 268 Å². The average molecular weight is 616 g/mol. The molecule has 5 atom stereocenters. The van der Waals surface area contributed by atoms with E-state index in [4.69, 9.17) is 9.47 Å². The number of pyridine rings is 1. The zero-order chi connectivity index (χ0) is 33.1. The largest absolute Gasteiger partial charge is 0.496 e. The maximum absolute atomic E-state index is 14.8. The fraction of sp³-hybridized carbons (Fsp3) is 0.486. The number of aromatic nitrogens is 1. The second-order valence-electron chi connectivity index (χ2n) is 14.0. The van der Waals surface area contributed by atoms with Crippen molar-refractivity contribution in [1.82, 2.24) is 15.2 Å². The molecule has 1 aromatic heterocycles. The van der Waals surface area contributed by atoms with E-state index in [2.05, 4.69) is 43.2 Å². The summed E-state index contributed by atoms with van der Waals surface area (Å²) >= 11 is 0. The predicted octanol–water partition coefficient (Wildman–Crippen LogP) is 6.75. The summed E-state index contributed by atoms with van der Waals surface area (Å²) in [4.78, 5) is 34.2. The van der Waals surface area contributed by atoms with Gasteiger partial charge in [0.1, 0.15) is 11.8 Å². The number of benzene rings is 2. The third-order valence-corrected chi connectivity index (χ3v) is 9.07. The number of carbonyl (C=O) groups is 2. The fourth-order valence-electron chi connectivity index (χ4n) is 6.88. The number of methoxy groups -OCH3 is 2. The molecular weight excluding hydrogens is 566 g/mol. The third kappa shape index (κ3) is 7.01. The molecule has 8 nitrogen and oxygen atoms in total. The van der Waals surface area contributed by atoms with Gasteiger partial charge in [-0.3, -0.25) is 4.79 Å². The number of hydrogen-bond acceptors (Lipinski definition) is 6. The maximum atomic E-state index is 14.8. The lowest BCUT2D eigenvalue weighted by Gasteiger charge is -2.35. The Morgan fingerprint density at radius 2 is 1.67 bits per heavy atom. The molecule has 1 unspecified atom stereocenters. The smallest absolute Gasteiger partial charge is 0.326 e. The first kappa shape index (κ1) is 34.0. The van der Waals surface area contributed by atoms with Crippen molar-refractivity contribution in [2.45, 2.75) is 90.9 Å². The maximum Gasteiger partial charge on any atom is 0.326 e. The first-order valence-electron chi connectivity index (χ1n) is 15.7. The molecule has 1 amide bonds. The molecule has 1 aliphatic rings. The van der Waals surface area contributed by atoms with Crippen molar-refractivity contribution < 1.29 is 24.2 Å². The Kier molecular flexibility index (Phi) is 10.3. The van der Waals surface area contributed by atoms with Gasteiger partial charge in [-0.15, -0.1) is 0 Å². The van der Waals surface area contributed by atoms with Crippen LogP contribution in [0.1, 0.15) is 89.1 Å². The number of amides is 1. The van der Waals surface area contributed by atoms with Crippen LogP contribution in [0.3, 0.4) is 0 Å². The minimum Gasteiger partial charge on any atom is -0.496 e. The summed E-state index contributed by atoms with van der Waals surface area (Å²) in [5.41, 5.74) is 3.09. The van der Waals surface area contributed by atoms with Gasteiger partial charge in [-0.05, 0) is 46.6 Å². The number of carboxylic acid groups (broad SMARTS) is 1. The van der Waals surface area contributed by atoms with Gasteiger partial charge in [-0.25, -0.2) is 9.78 Å². The van der Waals surface area contributed by atoms with Gasteiger partial charge in [-0.2, -0.15) is 0 Å². The van der Waals surface area contributed by atoms with E-state index in [9.17, 15) is 14.7 Å². The molecule has 1 aliphatic heterocycles. The van der Waals surface area contributed by atoms with Crippen molar-refractivity contribution in [3.05, 3.63) is 89.1 Å². The molecule has 2 heterocycles. The lowest BCUT2D eigenvalue weighted by atomic mass is 9.72. The predicted molar refractivity (Wildman–Crippen MR) is 177 cm³/mol. The van der Waals surface area contributed by atoms with Crippen molar-refractivity contribution >= 4 is 11.9 Å². The Bertz CT molecular complexity index is 1480. The molecule has 0 radical (unpaired) electrons. The Balaban J connectivity index is 1.91. The molecule has 0 bridgehead atoms. The molecule has 2 N–H and O–H groups in total. The topological polar surface area (TPSA) is 101 Å². The van der Waals surface area contributed by atoms with Gasteiger partial charge in [0.25, 0.3) is 0 Å². The molecule has 3 aromatic rings. The monoisotopic (exact) mass is 615 g/mol. The van der Waals surface area contributed by atoms with Crippen LogP contribution in [0.25, 0.3) is 0 Å². The van der Waals surface area contributed by atoms with E-state index in [-0.39, 0.29) is 11.3 Å². The molecular formula is C37H49N3O5. The lowest BCUT2D eigenvalue weighted by Crippen LogP contribution is -2.49. The number of likely N-dealkylation sites (tertiary alicyclic amines) is 1. The first-order valence-corrected chi connectivity index (χ1v) is 15.7. The van der Waals surface area contributed by atoms with Crippen LogP contribution in [0.4, 0.5) is 0 Å². The van der Waals surface area contributed by atoms with E-state index >= 15 is 0 Å². The third-order valence-electron chi connectivity index (χ3n) is 9.07. The highest BCUT2D eigenvalue weighted by molar-refractivity contribution is 5.90. The van der Waals surface area contributed by atoms with Gasteiger partial charge in [-0.1, -0.05) is 90.9 Å². The number of ether oxygens (including phenoxy) is 2. The van der Waals surface area contributed by atoms with Crippen LogP contribution < -0.4 is 14.8 Å². The van der Waals surface area contributed by atoms with E-state index in [1.54, 1.807) is 25.3 Å². The second kappa shape index (κ2) is 13.6. The Morgan fingerprint density at radius 3 is 2.22 bits per heavy atom. The summed E-state index contributed by atoms with van der Waals surface area (Å²) in [5, 5.41) is 14.7. The van der Waals surface area contributed by atoms with E-state index in [1.165, 1.54) is 5.56 Å². The van der Waals surface area contributed by atoms with Gasteiger partial charge < -0.3 is 24.8 Å². The van der Waals surface area contributed by atoms with E-state index in [0.29, 0.717) is 24.4 Å². The molecule has 2 aromatic carbocycles. The minimum atomic E-state index is -1.09. The first-order chi connectivity index (χ1) is 21.2. The zero-order valence-corrected chi connectivity index (χ0v) is 28.1. The number of nitrogens with zero attached hydrogens (tertiary/aromatic N) is 2. The normalized spacial score (nSPS) is 21.0. The molecule has 45 heavy (non-hydrogen) atoms. The van der Waals surface area contributed by atoms with Gasteiger partial charge >= 0.3 is 5.97 Å². The van der Waals surface area contributed by atoms with Crippen LogP contribution in [0.15, 0.2) is 66.9 Å². The van der Waals surface area contributed by atoms with Crippen LogP contribution in [0.5, 0.6) is 11.6 Å². The van der Waals surface area contributed by atoms with Crippen LogP contribution in [0, 0.1) is 11.3 Å². The highest BCUT2D eigenvalue weighted by atomic mass is 16.5. The molecule has 1 fully saturated rings. The molecule has 0 aliphatic carbocycles. The van der Waals surface area contributed by atoms with Crippen LogP contribution in [0.2, 0.25) is 0 Å². The van der Waals surface area contributed by atoms with Gasteiger partial charge in [0.05, 0.1) is 26.2 Å². The molecule has 8 heteroatoms. The van der Waals surface area contributed by atoms with Crippen LogP contribution in [-0.4, -0.2) is 53.2 Å². The summed E-state index contributed by atoms with van der Waals surface area (Å²) in [6.45, 7) is 15.0. The van der Waals surface area contributed by atoms with E-state index in [0.717, 1.165) is 16.9 Å². The highest BCUT2D eigenvalue weighted by Gasteiger charge is 2.59. The summed E-state index contributed by atoms with van der Waals surface area (Å²) in [6.07, 6.45) is 2.17. The standard InChI is InChI=1S/C37H49N3O5/c1-10-26(23-15-12-11-13-16-23)34(41)40-31(27-17-14-20-38-33(27)45-9)30(29(37(5,6)7)32(40)35(42)43)39-22-24-21-25(36(2,3)4)18-19-28(24)44-8/h11-21,26,29-32,39H,10,22H2,1-9H3,(H,42,43)/t26?,29-,30-,31-,32-/m0/s1. The van der Waals surface area contributed by atoms with Gasteiger partial charge in [0, 0.05) is 35.8 Å². The van der Waals surface area contributed by atoms with Crippen molar-refractivity contribution in [1.29, 1.82) is 0 Å². The van der Waals surface area contributed by atoms with Crippen molar-refractivity contribution in [2.24, 2.45) is 11.3 Å². The number of hydrogen-bond donors (Lipinski definition) is 2. The van der Waals surface area contributed by atoms with Crippen LogP contribution >= 0.6 is 0 Å². The Hall–Kier alpha value is -3.91. The number of nitrogens with one attached hydrogen (secondary N) is 1. The minimum absolute atomic E-state index is 0.0713. The molecule has 0 spiro atoms. The molecule has 1 saturated heterocycles. The van der Waals surface area contributed by atoms with E-state index < -0.39 is 41.3 Å². The fourth-order valence-corrected chi connectivity index (χ4v) is 6.88. The number of carboxylic acids is 1. The van der Waals surface area contributed by atoms with Crippen molar-refractivity contribution in [3.63, 3.8) is 0 Å². The highest BCUT2D eigenvalue weighted by Crippen LogP contribution is 2.50. The zero-order valence-electron chi connectivity index (χ0n) is 28.1. The summed E-state index contributed by atoms with van der Waals surface area (Å²) < 4.78 is 11.5. The molecule has 0 saturated carbocycles. The van der Waals surface area contributed by atoms with Crippen molar-refractivity contribution in [3.8, 4) is 11.6 Å².